The van der Waals surface area contributed by atoms with Crippen LogP contribution in [0.15, 0.2) is 47.1 Å². The molecule has 146 valence electrons. The first-order valence-corrected chi connectivity index (χ1v) is 8.82. The lowest BCUT2D eigenvalue weighted by Crippen LogP contribution is -2.40. The predicted molar refractivity (Wildman–Crippen MR) is 98.0 cm³/mol. The van der Waals surface area contributed by atoms with Gasteiger partial charge < -0.3 is 24.3 Å². The Morgan fingerprint density at radius 2 is 1.96 bits per heavy atom. The third-order valence-electron chi connectivity index (χ3n) is 4.31. The lowest BCUT2D eigenvalue weighted by Gasteiger charge is -2.30. The molecule has 2 unspecified atom stereocenters. The summed E-state index contributed by atoms with van der Waals surface area (Å²) in [6, 6.07) is 5.31. The molecule has 2 amide bonds. The molecular weight excluding hydrogens is 366 g/mol. The third kappa shape index (κ3) is 4.21. The summed E-state index contributed by atoms with van der Waals surface area (Å²) in [5, 5.41) is 6.43. The van der Waals surface area contributed by atoms with Gasteiger partial charge in [0.25, 0.3) is 11.8 Å². The summed E-state index contributed by atoms with van der Waals surface area (Å²) in [4.78, 5) is 24.1. The fourth-order valence-electron chi connectivity index (χ4n) is 2.92. The fraction of sp³-hybridized carbons (Fsp3) is 0.316. The number of hydrazone groups is 1. The van der Waals surface area contributed by atoms with Crippen molar-refractivity contribution in [3.05, 3.63) is 47.6 Å². The number of amides is 2. The van der Waals surface area contributed by atoms with E-state index in [1.165, 1.54) is 6.21 Å². The summed E-state index contributed by atoms with van der Waals surface area (Å²) in [6.07, 6.45) is 6.19. The first kappa shape index (κ1) is 18.2. The van der Waals surface area contributed by atoms with Crippen LogP contribution in [0.4, 0.5) is 0 Å². The number of fused-ring (bicyclic) bond motifs is 2. The van der Waals surface area contributed by atoms with E-state index in [1.807, 2.05) is 0 Å². The first-order chi connectivity index (χ1) is 13.7. The Morgan fingerprint density at radius 3 is 2.86 bits per heavy atom. The van der Waals surface area contributed by atoms with Crippen molar-refractivity contribution in [1.29, 1.82) is 0 Å². The van der Waals surface area contributed by atoms with Gasteiger partial charge >= 0.3 is 0 Å². The average molecular weight is 385 g/mol. The van der Waals surface area contributed by atoms with Gasteiger partial charge in [0.15, 0.2) is 11.5 Å². The van der Waals surface area contributed by atoms with E-state index in [4.69, 9.17) is 18.9 Å². The predicted octanol–water partition coefficient (Wildman–Crippen LogP) is 0.262. The van der Waals surface area contributed by atoms with E-state index < -0.39 is 5.91 Å². The summed E-state index contributed by atoms with van der Waals surface area (Å²) in [6.45, 7) is 1.02. The largest absolute Gasteiger partial charge is 0.454 e. The molecule has 0 bridgehead atoms. The number of hydrogen-bond donors (Lipinski definition) is 2. The van der Waals surface area contributed by atoms with Gasteiger partial charge in [-0.1, -0.05) is 12.2 Å². The van der Waals surface area contributed by atoms with Crippen LogP contribution in [0, 0.1) is 0 Å². The van der Waals surface area contributed by atoms with Crippen molar-refractivity contribution in [1.82, 2.24) is 10.7 Å². The Hall–Kier alpha value is -3.17. The second-order valence-corrected chi connectivity index (χ2v) is 6.24. The highest BCUT2D eigenvalue weighted by Crippen LogP contribution is 2.31. The summed E-state index contributed by atoms with van der Waals surface area (Å²) in [5.41, 5.74) is 3.54. The highest BCUT2D eigenvalue weighted by Gasteiger charge is 2.27. The van der Waals surface area contributed by atoms with Crippen molar-refractivity contribution in [2.45, 2.75) is 12.2 Å². The standard InChI is InChI=1S/C19H19N3O6/c23-18(22-21-9-12-1-3-15-16(7-12)28-11-27-15)10-20-19(24)13-2-4-14-17(8-13)26-6-5-25-14/h1-4,7-9,14,17H,5-6,10-11H2,(H,20,24)(H,22,23)/b21-9+. The molecule has 0 radical (unpaired) electrons. The number of nitrogens with one attached hydrogen (secondary N) is 2. The number of carbonyl (C=O) groups excluding carboxylic acids is 2. The highest BCUT2D eigenvalue weighted by atomic mass is 16.7. The lowest BCUT2D eigenvalue weighted by molar-refractivity contribution is -0.124. The van der Waals surface area contributed by atoms with Crippen LogP contribution in [0.2, 0.25) is 0 Å². The van der Waals surface area contributed by atoms with E-state index in [1.54, 1.807) is 36.4 Å². The smallest absolute Gasteiger partial charge is 0.259 e. The van der Waals surface area contributed by atoms with E-state index in [0.29, 0.717) is 30.3 Å². The quantitative estimate of drug-likeness (QED) is 0.556. The summed E-state index contributed by atoms with van der Waals surface area (Å²) < 4.78 is 21.6. The second kappa shape index (κ2) is 8.24. The average Bonchev–Trinajstić information content (AvgIpc) is 3.19. The number of ether oxygens (including phenoxy) is 4. The van der Waals surface area contributed by atoms with Crippen LogP contribution in [-0.2, 0) is 19.1 Å². The van der Waals surface area contributed by atoms with Gasteiger partial charge in [0.05, 0.1) is 26.0 Å². The van der Waals surface area contributed by atoms with Crippen molar-refractivity contribution in [2.75, 3.05) is 26.6 Å². The van der Waals surface area contributed by atoms with Crippen LogP contribution in [-0.4, -0.2) is 56.8 Å². The van der Waals surface area contributed by atoms with Gasteiger partial charge in [0, 0.05) is 5.57 Å². The zero-order chi connectivity index (χ0) is 19.3. The van der Waals surface area contributed by atoms with Gasteiger partial charge in [-0.05, 0) is 29.8 Å². The van der Waals surface area contributed by atoms with Gasteiger partial charge in [0.1, 0.15) is 12.2 Å². The molecule has 0 saturated carbocycles. The van der Waals surface area contributed by atoms with Gasteiger partial charge in [-0.15, -0.1) is 0 Å². The molecule has 2 atom stereocenters. The van der Waals surface area contributed by atoms with Gasteiger partial charge in [-0.25, -0.2) is 5.43 Å². The number of rotatable bonds is 5. The molecule has 1 saturated heterocycles. The molecule has 0 aromatic heterocycles. The highest BCUT2D eigenvalue weighted by molar-refractivity contribution is 5.98. The normalized spacial score (nSPS) is 22.5. The molecule has 2 heterocycles. The molecule has 4 rings (SSSR count). The van der Waals surface area contributed by atoms with Gasteiger partial charge in [-0.3, -0.25) is 9.59 Å². The Bertz CT molecular complexity index is 863. The summed E-state index contributed by atoms with van der Waals surface area (Å²) in [5.74, 6) is 0.497. The maximum atomic E-state index is 12.2. The van der Waals surface area contributed by atoms with Crippen molar-refractivity contribution in [3.63, 3.8) is 0 Å². The summed E-state index contributed by atoms with van der Waals surface area (Å²) in [7, 11) is 0. The van der Waals surface area contributed by atoms with Gasteiger partial charge in [0.2, 0.25) is 6.79 Å². The van der Waals surface area contributed by atoms with Crippen molar-refractivity contribution in [3.8, 4) is 11.5 Å². The molecule has 2 N–H and O–H groups in total. The van der Waals surface area contributed by atoms with Crippen LogP contribution >= 0.6 is 0 Å². The monoisotopic (exact) mass is 385 g/mol. The molecule has 1 fully saturated rings. The molecule has 3 aliphatic rings. The Labute approximate surface area is 161 Å². The minimum Gasteiger partial charge on any atom is -0.454 e. The topological polar surface area (TPSA) is 107 Å². The van der Waals surface area contributed by atoms with Crippen molar-refractivity contribution < 1.29 is 28.5 Å². The van der Waals surface area contributed by atoms with E-state index in [0.717, 1.165) is 5.56 Å². The number of carbonyl (C=O) groups is 2. The van der Waals surface area contributed by atoms with Crippen LogP contribution in [0.25, 0.3) is 0 Å². The number of benzene rings is 1. The minimum absolute atomic E-state index is 0.167. The third-order valence-corrected chi connectivity index (χ3v) is 4.31. The number of hydrogen-bond acceptors (Lipinski definition) is 7. The van der Waals surface area contributed by atoms with Crippen molar-refractivity contribution >= 4 is 18.0 Å². The van der Waals surface area contributed by atoms with E-state index in [9.17, 15) is 9.59 Å². The van der Waals surface area contributed by atoms with E-state index in [2.05, 4.69) is 15.8 Å². The van der Waals surface area contributed by atoms with Crippen LogP contribution in [0.1, 0.15) is 5.56 Å². The minimum atomic E-state index is -0.444. The molecule has 1 aromatic rings. The zero-order valence-corrected chi connectivity index (χ0v) is 14.9. The van der Waals surface area contributed by atoms with Gasteiger partial charge in [-0.2, -0.15) is 5.10 Å². The molecule has 1 aromatic carbocycles. The molecule has 0 spiro atoms. The SMILES string of the molecule is O=C(CNC(=O)C1=CC2OCCOC2C=C1)N/N=C/c1ccc2c(c1)OCO2. The maximum absolute atomic E-state index is 12.2. The van der Waals surface area contributed by atoms with E-state index in [-0.39, 0.29) is 31.5 Å². The maximum Gasteiger partial charge on any atom is 0.259 e. The first-order valence-electron chi connectivity index (χ1n) is 8.82. The van der Waals surface area contributed by atoms with E-state index >= 15 is 0 Å². The zero-order valence-electron chi connectivity index (χ0n) is 14.9. The second-order valence-electron chi connectivity index (χ2n) is 6.24. The lowest BCUT2D eigenvalue weighted by atomic mass is 10.0. The molecule has 9 heteroatoms. The van der Waals surface area contributed by atoms with Crippen LogP contribution in [0.5, 0.6) is 11.5 Å². The molecule has 9 nitrogen and oxygen atoms in total. The fourth-order valence-corrected chi connectivity index (χ4v) is 2.92. The Balaban J connectivity index is 1.24. The molecule has 28 heavy (non-hydrogen) atoms. The van der Waals surface area contributed by atoms with Crippen LogP contribution in [0.3, 0.4) is 0 Å². The molecular formula is C19H19N3O6. The Kier molecular flexibility index (Phi) is 5.36. The Morgan fingerprint density at radius 1 is 1.14 bits per heavy atom. The van der Waals surface area contributed by atoms with Crippen molar-refractivity contribution in [2.24, 2.45) is 5.10 Å². The van der Waals surface area contributed by atoms with Crippen LogP contribution < -0.4 is 20.2 Å². The number of nitrogens with zero attached hydrogens (tertiary/aromatic N) is 1. The molecule has 1 aliphatic carbocycles. The molecule has 2 aliphatic heterocycles. The summed E-state index contributed by atoms with van der Waals surface area (Å²) >= 11 is 0.